The van der Waals surface area contributed by atoms with Gasteiger partial charge in [0.05, 0.1) is 18.5 Å². The highest BCUT2D eigenvalue weighted by Gasteiger charge is 2.29. The molecule has 3 rings (SSSR count). The number of non-ortho nitro benzene ring substituents is 1. The lowest BCUT2D eigenvalue weighted by molar-refractivity contribution is -0.384. The number of nitro groups is 1. The Bertz CT molecular complexity index is 776. The number of benzene rings is 2. The lowest BCUT2D eigenvalue weighted by Gasteiger charge is -2.38. The molecule has 0 aromatic heterocycles. The number of carbonyl (C=O) groups is 1. The maximum atomic E-state index is 11.8. The molecule has 1 aliphatic rings. The van der Waals surface area contributed by atoms with Crippen LogP contribution in [0.15, 0.2) is 48.5 Å². The average Bonchev–Trinajstić information content (AvgIpc) is 2.63. The molecule has 1 aliphatic heterocycles. The van der Waals surface area contributed by atoms with E-state index in [1.807, 2.05) is 30.3 Å². The van der Waals surface area contributed by atoms with Gasteiger partial charge in [0.25, 0.3) is 5.69 Å². The molecule has 2 aromatic carbocycles. The van der Waals surface area contributed by atoms with Crippen molar-refractivity contribution in [1.29, 1.82) is 0 Å². The number of hydrogen-bond acceptors (Lipinski definition) is 5. The minimum atomic E-state index is -0.373. The third-order valence-corrected chi connectivity index (χ3v) is 4.60. The highest BCUT2D eigenvalue weighted by molar-refractivity contribution is 5.72. The van der Waals surface area contributed by atoms with E-state index in [9.17, 15) is 14.9 Å². The zero-order valence-electron chi connectivity index (χ0n) is 14.1. The van der Waals surface area contributed by atoms with Gasteiger partial charge in [-0.3, -0.25) is 14.9 Å². The molecule has 130 valence electrons. The van der Waals surface area contributed by atoms with Gasteiger partial charge in [0, 0.05) is 30.4 Å². The second kappa shape index (κ2) is 7.34. The Balaban J connectivity index is 1.94. The molecule has 0 saturated heterocycles. The van der Waals surface area contributed by atoms with Crippen molar-refractivity contribution in [2.24, 2.45) is 0 Å². The molecule has 1 atom stereocenters. The molecule has 0 saturated carbocycles. The third-order valence-electron chi connectivity index (χ3n) is 4.60. The summed E-state index contributed by atoms with van der Waals surface area (Å²) < 4.78 is 4.84. The summed E-state index contributed by atoms with van der Waals surface area (Å²) in [6.07, 6.45) is 1.78. The Morgan fingerprint density at radius 3 is 2.72 bits per heavy atom. The fourth-order valence-electron chi connectivity index (χ4n) is 3.32. The first-order chi connectivity index (χ1) is 12.1. The second-order valence-electron chi connectivity index (χ2n) is 6.16. The summed E-state index contributed by atoms with van der Waals surface area (Å²) in [4.78, 5) is 24.6. The van der Waals surface area contributed by atoms with Crippen LogP contribution in [0.4, 0.5) is 11.4 Å². The van der Waals surface area contributed by atoms with Gasteiger partial charge in [0.15, 0.2) is 0 Å². The van der Waals surface area contributed by atoms with Crippen LogP contribution in [0.1, 0.15) is 24.0 Å². The third kappa shape index (κ3) is 3.79. The minimum Gasteiger partial charge on any atom is -0.469 e. The van der Waals surface area contributed by atoms with Gasteiger partial charge < -0.3 is 9.64 Å². The van der Waals surface area contributed by atoms with Gasteiger partial charge in [-0.15, -0.1) is 0 Å². The van der Waals surface area contributed by atoms with E-state index in [2.05, 4.69) is 4.90 Å². The monoisotopic (exact) mass is 340 g/mol. The summed E-state index contributed by atoms with van der Waals surface area (Å²) in [5.74, 6) is -0.242. The van der Waals surface area contributed by atoms with E-state index in [1.54, 1.807) is 12.1 Å². The van der Waals surface area contributed by atoms with Gasteiger partial charge in [-0.1, -0.05) is 30.3 Å². The van der Waals surface area contributed by atoms with Crippen molar-refractivity contribution in [1.82, 2.24) is 0 Å². The number of rotatable bonds is 5. The standard InChI is InChI=1S/C19H20N2O4/c1-25-19(22)12-16-8-7-15-11-17(21(23)24)9-10-18(15)20(16)13-14-5-3-2-4-6-14/h2-6,9-11,16H,7-8,12-13H2,1H3. The van der Waals surface area contributed by atoms with Crippen molar-refractivity contribution in [2.45, 2.75) is 31.8 Å². The molecular weight excluding hydrogens is 320 g/mol. The molecular formula is C19H20N2O4. The van der Waals surface area contributed by atoms with Crippen LogP contribution in [0.25, 0.3) is 0 Å². The van der Waals surface area contributed by atoms with Crippen LogP contribution >= 0.6 is 0 Å². The van der Waals surface area contributed by atoms with Crippen molar-refractivity contribution in [3.05, 3.63) is 69.8 Å². The molecule has 0 aliphatic carbocycles. The molecule has 6 heteroatoms. The predicted octanol–water partition coefficient (Wildman–Crippen LogP) is 3.48. The first-order valence-electron chi connectivity index (χ1n) is 8.23. The van der Waals surface area contributed by atoms with Gasteiger partial charge in [0.2, 0.25) is 0 Å². The number of nitrogens with zero attached hydrogens (tertiary/aromatic N) is 2. The van der Waals surface area contributed by atoms with Gasteiger partial charge in [-0.05, 0) is 30.0 Å². The van der Waals surface area contributed by atoms with Crippen molar-refractivity contribution in [3.63, 3.8) is 0 Å². The summed E-state index contributed by atoms with van der Waals surface area (Å²) in [5, 5.41) is 11.0. The number of hydrogen-bond donors (Lipinski definition) is 0. The average molecular weight is 340 g/mol. The van der Waals surface area contributed by atoms with Crippen LogP contribution in [-0.2, 0) is 22.5 Å². The molecule has 0 amide bonds. The quantitative estimate of drug-likeness (QED) is 0.473. The first kappa shape index (κ1) is 17.0. The molecule has 1 unspecified atom stereocenters. The molecule has 0 fully saturated rings. The van der Waals surface area contributed by atoms with Gasteiger partial charge in [-0.2, -0.15) is 0 Å². The van der Waals surface area contributed by atoms with Crippen LogP contribution in [0, 0.1) is 10.1 Å². The molecule has 2 aromatic rings. The number of anilines is 1. The second-order valence-corrected chi connectivity index (χ2v) is 6.16. The smallest absolute Gasteiger partial charge is 0.307 e. The maximum absolute atomic E-state index is 11.8. The highest BCUT2D eigenvalue weighted by atomic mass is 16.6. The Hall–Kier alpha value is -2.89. The Labute approximate surface area is 146 Å². The number of fused-ring (bicyclic) bond motifs is 1. The first-order valence-corrected chi connectivity index (χ1v) is 8.23. The molecule has 1 heterocycles. The van der Waals surface area contributed by atoms with E-state index in [-0.39, 0.29) is 22.6 Å². The van der Waals surface area contributed by atoms with E-state index < -0.39 is 0 Å². The summed E-state index contributed by atoms with van der Waals surface area (Å²) in [6, 6.07) is 15.0. The highest BCUT2D eigenvalue weighted by Crippen LogP contribution is 2.35. The molecule has 25 heavy (non-hydrogen) atoms. The molecule has 0 radical (unpaired) electrons. The summed E-state index contributed by atoms with van der Waals surface area (Å²) in [7, 11) is 1.39. The number of aryl methyl sites for hydroxylation is 1. The van der Waals surface area contributed by atoms with Crippen molar-refractivity contribution >= 4 is 17.3 Å². The van der Waals surface area contributed by atoms with Gasteiger partial charge in [-0.25, -0.2) is 0 Å². The number of methoxy groups -OCH3 is 1. The summed E-state index contributed by atoms with van der Waals surface area (Å²) in [6.45, 7) is 0.646. The Morgan fingerprint density at radius 2 is 2.04 bits per heavy atom. The van der Waals surface area contributed by atoms with Crippen LogP contribution in [0.5, 0.6) is 0 Å². The molecule has 6 nitrogen and oxygen atoms in total. The minimum absolute atomic E-state index is 0.0154. The van der Waals surface area contributed by atoms with Crippen molar-refractivity contribution < 1.29 is 14.5 Å². The lowest BCUT2D eigenvalue weighted by Crippen LogP contribution is -2.40. The predicted molar refractivity (Wildman–Crippen MR) is 94.5 cm³/mol. The van der Waals surface area contributed by atoms with E-state index in [0.29, 0.717) is 19.4 Å². The number of carbonyl (C=O) groups excluding carboxylic acids is 1. The Morgan fingerprint density at radius 1 is 1.28 bits per heavy atom. The fourth-order valence-corrected chi connectivity index (χ4v) is 3.32. The summed E-state index contributed by atoms with van der Waals surface area (Å²) >= 11 is 0. The summed E-state index contributed by atoms with van der Waals surface area (Å²) in [5.41, 5.74) is 3.13. The van der Waals surface area contributed by atoms with Crippen LogP contribution in [0.2, 0.25) is 0 Å². The maximum Gasteiger partial charge on any atom is 0.307 e. The topological polar surface area (TPSA) is 72.7 Å². The van der Waals surface area contributed by atoms with Crippen molar-refractivity contribution in [2.75, 3.05) is 12.0 Å². The van der Waals surface area contributed by atoms with Gasteiger partial charge >= 0.3 is 5.97 Å². The van der Waals surface area contributed by atoms with Crippen LogP contribution in [-0.4, -0.2) is 24.0 Å². The zero-order valence-corrected chi connectivity index (χ0v) is 14.1. The molecule has 0 spiro atoms. The number of ether oxygens (including phenoxy) is 1. The molecule has 0 bridgehead atoms. The van der Waals surface area contributed by atoms with E-state index in [1.165, 1.54) is 13.2 Å². The normalized spacial score (nSPS) is 16.2. The van der Waals surface area contributed by atoms with Crippen LogP contribution < -0.4 is 4.90 Å². The van der Waals surface area contributed by atoms with Crippen LogP contribution in [0.3, 0.4) is 0 Å². The fraction of sp³-hybridized carbons (Fsp3) is 0.316. The largest absolute Gasteiger partial charge is 0.469 e. The Kier molecular flexibility index (Phi) is 4.97. The zero-order chi connectivity index (χ0) is 17.8. The van der Waals surface area contributed by atoms with E-state index in [0.717, 1.165) is 23.2 Å². The van der Waals surface area contributed by atoms with Crippen molar-refractivity contribution in [3.8, 4) is 0 Å². The van der Waals surface area contributed by atoms with E-state index >= 15 is 0 Å². The van der Waals surface area contributed by atoms with E-state index in [4.69, 9.17) is 4.74 Å². The number of nitro benzene ring substituents is 1. The SMILES string of the molecule is COC(=O)CC1CCc2cc([N+](=O)[O-])ccc2N1Cc1ccccc1. The number of esters is 1. The lowest BCUT2D eigenvalue weighted by atomic mass is 9.93. The van der Waals surface area contributed by atoms with Gasteiger partial charge in [0.1, 0.15) is 0 Å². The molecule has 0 N–H and O–H groups in total.